The van der Waals surface area contributed by atoms with Gasteiger partial charge in [0.2, 0.25) is 11.8 Å². The van der Waals surface area contributed by atoms with Gasteiger partial charge in [0, 0.05) is 31.6 Å². The van der Waals surface area contributed by atoms with Crippen molar-refractivity contribution in [3.05, 3.63) is 29.8 Å². The van der Waals surface area contributed by atoms with E-state index in [9.17, 15) is 14.4 Å². The molecule has 7 heteroatoms. The van der Waals surface area contributed by atoms with Crippen molar-refractivity contribution in [2.24, 2.45) is 0 Å². The zero-order chi connectivity index (χ0) is 18.8. The first-order valence-corrected chi connectivity index (χ1v) is 9.15. The number of amides is 3. The average molecular weight is 361 g/mol. The molecular weight excluding hydrogens is 334 g/mol. The summed E-state index contributed by atoms with van der Waals surface area (Å²) in [4.78, 5) is 37.7. The maximum atomic E-state index is 12.0. The second-order valence-corrected chi connectivity index (χ2v) is 6.18. The second-order valence-electron chi connectivity index (χ2n) is 6.18. The molecule has 1 aromatic rings. The van der Waals surface area contributed by atoms with Crippen molar-refractivity contribution < 1.29 is 19.1 Å². The molecule has 1 fully saturated rings. The van der Waals surface area contributed by atoms with Gasteiger partial charge in [-0.15, -0.1) is 0 Å². The highest BCUT2D eigenvalue weighted by Crippen LogP contribution is 2.12. The van der Waals surface area contributed by atoms with Crippen molar-refractivity contribution in [3.8, 4) is 5.75 Å². The van der Waals surface area contributed by atoms with Crippen molar-refractivity contribution in [1.29, 1.82) is 0 Å². The molecule has 7 nitrogen and oxygen atoms in total. The van der Waals surface area contributed by atoms with Gasteiger partial charge in [-0.3, -0.25) is 14.4 Å². The second kappa shape index (κ2) is 10.4. The normalized spacial score (nSPS) is 13.8. The minimum absolute atomic E-state index is 0.0726. The van der Waals surface area contributed by atoms with Crippen molar-refractivity contribution in [1.82, 2.24) is 15.5 Å². The van der Waals surface area contributed by atoms with E-state index in [0.717, 1.165) is 25.9 Å². The lowest BCUT2D eigenvalue weighted by Gasteiger charge is -2.26. The summed E-state index contributed by atoms with van der Waals surface area (Å²) >= 11 is 0. The van der Waals surface area contributed by atoms with Gasteiger partial charge in [-0.1, -0.05) is 0 Å². The molecule has 1 aliphatic heterocycles. The van der Waals surface area contributed by atoms with Crippen LogP contribution < -0.4 is 15.4 Å². The number of hydrogen-bond donors (Lipinski definition) is 2. The van der Waals surface area contributed by atoms with Crippen LogP contribution in [0.2, 0.25) is 0 Å². The van der Waals surface area contributed by atoms with Crippen LogP contribution in [-0.2, 0) is 9.59 Å². The fourth-order valence-electron chi connectivity index (χ4n) is 2.80. The first-order valence-electron chi connectivity index (χ1n) is 9.15. The van der Waals surface area contributed by atoms with Crippen LogP contribution in [-0.4, -0.2) is 55.4 Å². The lowest BCUT2D eigenvalue weighted by molar-refractivity contribution is -0.132. The Morgan fingerprint density at radius 1 is 1.04 bits per heavy atom. The molecule has 0 unspecified atom stereocenters. The summed E-state index contributed by atoms with van der Waals surface area (Å²) in [6, 6.07) is 6.72. The number of rotatable bonds is 8. The highest BCUT2D eigenvalue weighted by molar-refractivity contribution is 5.96. The lowest BCUT2D eigenvalue weighted by Crippen LogP contribution is -2.40. The Morgan fingerprint density at radius 2 is 1.73 bits per heavy atom. The SMILES string of the molecule is CCOc1ccc(C(=O)NCC(=O)NCCC(=O)N2CCCCC2)cc1. The first kappa shape index (κ1) is 19.8. The lowest BCUT2D eigenvalue weighted by atomic mass is 10.1. The smallest absolute Gasteiger partial charge is 0.251 e. The van der Waals surface area contributed by atoms with Gasteiger partial charge in [0.25, 0.3) is 5.91 Å². The molecule has 0 bridgehead atoms. The fourth-order valence-corrected chi connectivity index (χ4v) is 2.80. The third kappa shape index (κ3) is 6.38. The number of carbonyl (C=O) groups excluding carboxylic acids is 3. The molecule has 1 aromatic carbocycles. The van der Waals surface area contributed by atoms with Crippen LogP contribution in [0.25, 0.3) is 0 Å². The molecule has 0 spiro atoms. The van der Waals surface area contributed by atoms with E-state index in [2.05, 4.69) is 10.6 Å². The largest absolute Gasteiger partial charge is 0.494 e. The molecule has 0 aromatic heterocycles. The van der Waals surface area contributed by atoms with Gasteiger partial charge in [-0.25, -0.2) is 0 Å². The number of piperidine rings is 1. The summed E-state index contributed by atoms with van der Waals surface area (Å²) in [6.45, 7) is 4.23. The highest BCUT2D eigenvalue weighted by Gasteiger charge is 2.16. The van der Waals surface area contributed by atoms with Crippen LogP contribution in [0, 0.1) is 0 Å². The summed E-state index contributed by atoms with van der Waals surface area (Å²) < 4.78 is 5.32. The summed E-state index contributed by atoms with van der Waals surface area (Å²) in [7, 11) is 0. The van der Waals surface area contributed by atoms with E-state index in [1.807, 2.05) is 11.8 Å². The molecule has 0 radical (unpaired) electrons. The number of carbonyl (C=O) groups is 3. The van der Waals surface area contributed by atoms with Gasteiger partial charge in [-0.2, -0.15) is 0 Å². The predicted octanol–water partition coefficient (Wildman–Crippen LogP) is 1.33. The van der Waals surface area contributed by atoms with E-state index in [4.69, 9.17) is 4.74 Å². The van der Waals surface area contributed by atoms with Gasteiger partial charge >= 0.3 is 0 Å². The number of nitrogens with one attached hydrogen (secondary N) is 2. The van der Waals surface area contributed by atoms with Gasteiger partial charge in [0.15, 0.2) is 0 Å². The Balaban J connectivity index is 1.64. The molecule has 1 aliphatic rings. The molecular formula is C19H27N3O4. The van der Waals surface area contributed by atoms with E-state index in [1.54, 1.807) is 24.3 Å². The number of nitrogens with zero attached hydrogens (tertiary/aromatic N) is 1. The van der Waals surface area contributed by atoms with Gasteiger partial charge < -0.3 is 20.3 Å². The summed E-state index contributed by atoms with van der Waals surface area (Å²) in [5, 5.41) is 5.23. The highest BCUT2D eigenvalue weighted by atomic mass is 16.5. The summed E-state index contributed by atoms with van der Waals surface area (Å²) in [5.41, 5.74) is 0.460. The van der Waals surface area contributed by atoms with Crippen LogP contribution >= 0.6 is 0 Å². The van der Waals surface area contributed by atoms with Gasteiger partial charge in [-0.05, 0) is 50.5 Å². The van der Waals surface area contributed by atoms with Gasteiger partial charge in [0.05, 0.1) is 13.2 Å². The Hall–Kier alpha value is -2.57. The first-order chi connectivity index (χ1) is 12.6. The van der Waals surface area contributed by atoms with E-state index in [0.29, 0.717) is 24.3 Å². The van der Waals surface area contributed by atoms with Crippen molar-refractivity contribution in [2.45, 2.75) is 32.6 Å². The monoisotopic (exact) mass is 361 g/mol. The molecule has 2 N–H and O–H groups in total. The van der Waals surface area contributed by atoms with Crippen LogP contribution in [0.3, 0.4) is 0 Å². The standard InChI is InChI=1S/C19H27N3O4/c1-2-26-16-8-6-15(7-9-16)19(25)21-14-17(23)20-11-10-18(24)22-12-4-3-5-13-22/h6-9H,2-5,10-14H2,1H3,(H,20,23)(H,21,25). The summed E-state index contributed by atoms with van der Waals surface area (Å²) in [5.74, 6) is 0.131. The molecule has 0 atom stereocenters. The number of benzene rings is 1. The third-order valence-electron chi connectivity index (χ3n) is 4.21. The maximum absolute atomic E-state index is 12.0. The Labute approximate surface area is 154 Å². The molecule has 2 rings (SSSR count). The van der Waals surface area contributed by atoms with E-state index >= 15 is 0 Å². The van der Waals surface area contributed by atoms with E-state index in [-0.39, 0.29) is 30.8 Å². The Morgan fingerprint density at radius 3 is 2.38 bits per heavy atom. The minimum Gasteiger partial charge on any atom is -0.494 e. The van der Waals surface area contributed by atoms with E-state index in [1.165, 1.54) is 6.42 Å². The van der Waals surface area contributed by atoms with Crippen LogP contribution in [0.5, 0.6) is 5.75 Å². The maximum Gasteiger partial charge on any atom is 0.251 e. The van der Waals surface area contributed by atoms with Gasteiger partial charge in [0.1, 0.15) is 5.75 Å². The van der Waals surface area contributed by atoms with Crippen molar-refractivity contribution >= 4 is 17.7 Å². The molecule has 0 saturated carbocycles. The predicted molar refractivity (Wildman–Crippen MR) is 98.0 cm³/mol. The molecule has 26 heavy (non-hydrogen) atoms. The number of likely N-dealkylation sites (tertiary alicyclic amines) is 1. The number of ether oxygens (including phenoxy) is 1. The van der Waals surface area contributed by atoms with Crippen molar-refractivity contribution in [2.75, 3.05) is 32.8 Å². The molecule has 0 aliphatic carbocycles. The molecule has 1 heterocycles. The third-order valence-corrected chi connectivity index (χ3v) is 4.21. The Bertz CT molecular complexity index is 610. The number of hydrogen-bond acceptors (Lipinski definition) is 4. The fraction of sp³-hybridized carbons (Fsp3) is 0.526. The topological polar surface area (TPSA) is 87.7 Å². The summed E-state index contributed by atoms with van der Waals surface area (Å²) in [6.07, 6.45) is 3.57. The van der Waals surface area contributed by atoms with Crippen LogP contribution in [0.15, 0.2) is 24.3 Å². The Kier molecular flexibility index (Phi) is 7.92. The molecule has 3 amide bonds. The van der Waals surface area contributed by atoms with Crippen LogP contribution in [0.4, 0.5) is 0 Å². The quantitative estimate of drug-likeness (QED) is 0.731. The van der Waals surface area contributed by atoms with Crippen LogP contribution in [0.1, 0.15) is 43.0 Å². The zero-order valence-electron chi connectivity index (χ0n) is 15.3. The molecule has 142 valence electrons. The van der Waals surface area contributed by atoms with Crippen molar-refractivity contribution in [3.63, 3.8) is 0 Å². The van der Waals surface area contributed by atoms with E-state index < -0.39 is 0 Å². The average Bonchev–Trinajstić information content (AvgIpc) is 2.67. The minimum atomic E-state index is -0.326. The zero-order valence-corrected chi connectivity index (χ0v) is 15.3. The molecule has 1 saturated heterocycles.